The van der Waals surface area contributed by atoms with Crippen LogP contribution in [0.4, 0.5) is 5.69 Å². The lowest BCUT2D eigenvalue weighted by Gasteiger charge is -2.21. The molecule has 0 saturated heterocycles. The molecule has 142 valence electrons. The molecular formula is C21H19N3O4. The summed E-state index contributed by atoms with van der Waals surface area (Å²) in [6, 6.07) is 14.6. The Labute approximate surface area is 161 Å². The Kier molecular flexibility index (Phi) is 4.65. The monoisotopic (exact) mass is 377 g/mol. The van der Waals surface area contributed by atoms with E-state index in [4.69, 9.17) is 4.74 Å². The van der Waals surface area contributed by atoms with E-state index >= 15 is 0 Å². The summed E-state index contributed by atoms with van der Waals surface area (Å²) in [4.78, 5) is 43.3. The van der Waals surface area contributed by atoms with E-state index in [1.807, 2.05) is 24.3 Å². The van der Waals surface area contributed by atoms with Crippen molar-refractivity contribution in [2.45, 2.75) is 26.0 Å². The van der Waals surface area contributed by atoms with Crippen molar-refractivity contribution in [1.82, 2.24) is 9.55 Å². The average Bonchev–Trinajstić information content (AvgIpc) is 3.14. The number of amides is 1. The lowest BCUT2D eigenvalue weighted by molar-refractivity contribution is -0.154. The number of nitrogens with zero attached hydrogens (tertiary/aromatic N) is 3. The number of ether oxygens (including phenoxy) is 1. The van der Waals surface area contributed by atoms with Crippen molar-refractivity contribution in [3.63, 3.8) is 0 Å². The van der Waals surface area contributed by atoms with Gasteiger partial charge in [-0.2, -0.15) is 0 Å². The van der Waals surface area contributed by atoms with Gasteiger partial charge in [0.2, 0.25) is 0 Å². The molecule has 4 rings (SSSR count). The van der Waals surface area contributed by atoms with Gasteiger partial charge in [0.15, 0.2) is 6.10 Å². The highest BCUT2D eigenvalue weighted by Gasteiger charge is 2.29. The molecule has 0 aliphatic carbocycles. The molecule has 1 aromatic heterocycles. The Hall–Kier alpha value is -3.48. The first kappa shape index (κ1) is 17.9. The fraction of sp³-hybridized carbons (Fsp3) is 0.238. The maximum Gasteiger partial charge on any atom is 0.326 e. The second-order valence-corrected chi connectivity index (χ2v) is 6.70. The summed E-state index contributed by atoms with van der Waals surface area (Å²) in [5, 5.41) is 0.426. The molecule has 0 N–H and O–H groups in total. The van der Waals surface area contributed by atoms with E-state index in [0.717, 1.165) is 17.7 Å². The zero-order valence-electron chi connectivity index (χ0n) is 15.4. The molecular weight excluding hydrogens is 358 g/mol. The summed E-state index contributed by atoms with van der Waals surface area (Å²) in [5.41, 5.74) is 2.19. The topological polar surface area (TPSA) is 81.5 Å². The van der Waals surface area contributed by atoms with Crippen LogP contribution in [0.5, 0.6) is 0 Å². The highest BCUT2D eigenvalue weighted by atomic mass is 16.5. The molecule has 1 amide bonds. The molecule has 0 bridgehead atoms. The van der Waals surface area contributed by atoms with Crippen LogP contribution in [0.3, 0.4) is 0 Å². The van der Waals surface area contributed by atoms with Gasteiger partial charge in [-0.1, -0.05) is 30.3 Å². The summed E-state index contributed by atoms with van der Waals surface area (Å²) in [6.07, 6.45) is 1.15. The standard InChI is InChI=1S/C21H19N3O4/c1-14(20(26)24-11-10-15-6-2-5-9-18(15)24)28-19(25)12-23-13-22-17-8-4-3-7-16(17)21(23)27/h2-9,13-14H,10-12H2,1H3. The largest absolute Gasteiger partial charge is 0.451 e. The Morgan fingerprint density at radius 2 is 1.89 bits per heavy atom. The number of esters is 1. The van der Waals surface area contributed by atoms with E-state index in [1.54, 1.807) is 36.1 Å². The molecule has 3 aromatic rings. The number of fused-ring (bicyclic) bond motifs is 2. The zero-order chi connectivity index (χ0) is 19.7. The normalized spacial score (nSPS) is 14.0. The minimum Gasteiger partial charge on any atom is -0.451 e. The smallest absolute Gasteiger partial charge is 0.326 e. The second-order valence-electron chi connectivity index (χ2n) is 6.70. The van der Waals surface area contributed by atoms with Crippen molar-refractivity contribution in [3.8, 4) is 0 Å². The summed E-state index contributed by atoms with van der Waals surface area (Å²) < 4.78 is 6.48. The van der Waals surface area contributed by atoms with Crippen molar-refractivity contribution in [2.75, 3.05) is 11.4 Å². The van der Waals surface area contributed by atoms with Gasteiger partial charge in [-0.3, -0.25) is 19.0 Å². The van der Waals surface area contributed by atoms with Gasteiger partial charge in [0.05, 0.1) is 17.2 Å². The van der Waals surface area contributed by atoms with Crippen LogP contribution in [-0.4, -0.2) is 34.1 Å². The number of anilines is 1. The summed E-state index contributed by atoms with van der Waals surface area (Å²) in [7, 11) is 0. The number of carbonyl (C=O) groups is 2. The zero-order valence-corrected chi connectivity index (χ0v) is 15.4. The van der Waals surface area contributed by atoms with Crippen molar-refractivity contribution in [1.29, 1.82) is 0 Å². The van der Waals surface area contributed by atoms with Gasteiger partial charge in [-0.25, -0.2) is 4.98 Å². The molecule has 1 unspecified atom stereocenters. The van der Waals surface area contributed by atoms with Crippen LogP contribution in [0.1, 0.15) is 12.5 Å². The maximum atomic E-state index is 12.7. The number of para-hydroxylation sites is 2. The van der Waals surface area contributed by atoms with Crippen LogP contribution in [0.15, 0.2) is 59.7 Å². The Bertz CT molecular complexity index is 1120. The fourth-order valence-corrected chi connectivity index (χ4v) is 3.43. The Balaban J connectivity index is 1.45. The molecule has 1 atom stereocenters. The first-order valence-corrected chi connectivity index (χ1v) is 9.07. The molecule has 0 radical (unpaired) electrons. The summed E-state index contributed by atoms with van der Waals surface area (Å²) >= 11 is 0. The third-order valence-corrected chi connectivity index (χ3v) is 4.84. The van der Waals surface area contributed by atoms with Crippen LogP contribution in [0.25, 0.3) is 10.9 Å². The van der Waals surface area contributed by atoms with Gasteiger partial charge < -0.3 is 9.64 Å². The highest BCUT2D eigenvalue weighted by molar-refractivity contribution is 5.99. The predicted octanol–water partition coefficient (Wildman–Crippen LogP) is 1.92. The van der Waals surface area contributed by atoms with E-state index < -0.39 is 12.1 Å². The van der Waals surface area contributed by atoms with Crippen LogP contribution in [-0.2, 0) is 27.3 Å². The van der Waals surface area contributed by atoms with E-state index in [0.29, 0.717) is 17.4 Å². The minimum atomic E-state index is -0.942. The number of aromatic nitrogens is 2. The quantitative estimate of drug-likeness (QED) is 0.649. The lowest BCUT2D eigenvalue weighted by Crippen LogP contribution is -2.40. The molecule has 28 heavy (non-hydrogen) atoms. The predicted molar refractivity (Wildman–Crippen MR) is 104 cm³/mol. The van der Waals surface area contributed by atoms with Crippen molar-refractivity contribution < 1.29 is 14.3 Å². The van der Waals surface area contributed by atoms with E-state index in [2.05, 4.69) is 4.98 Å². The van der Waals surface area contributed by atoms with Gasteiger partial charge in [0, 0.05) is 12.2 Å². The Morgan fingerprint density at radius 1 is 1.14 bits per heavy atom. The third kappa shape index (κ3) is 3.26. The molecule has 0 spiro atoms. The van der Waals surface area contributed by atoms with Gasteiger partial charge in [0.25, 0.3) is 11.5 Å². The summed E-state index contributed by atoms with van der Waals surface area (Å²) in [6.45, 7) is 1.81. The summed E-state index contributed by atoms with van der Waals surface area (Å²) in [5.74, 6) is -0.935. The molecule has 0 fully saturated rings. The molecule has 2 aromatic carbocycles. The molecule has 7 nitrogen and oxygen atoms in total. The highest BCUT2D eigenvalue weighted by Crippen LogP contribution is 2.28. The average molecular weight is 377 g/mol. The number of hydrogen-bond donors (Lipinski definition) is 0. The number of rotatable bonds is 4. The van der Waals surface area contributed by atoms with Crippen molar-refractivity contribution >= 4 is 28.5 Å². The maximum absolute atomic E-state index is 12.7. The lowest BCUT2D eigenvalue weighted by atomic mass is 10.2. The van der Waals surface area contributed by atoms with Crippen LogP contribution in [0.2, 0.25) is 0 Å². The second kappa shape index (κ2) is 7.26. The number of benzene rings is 2. The third-order valence-electron chi connectivity index (χ3n) is 4.84. The van der Waals surface area contributed by atoms with E-state index in [9.17, 15) is 14.4 Å². The van der Waals surface area contributed by atoms with E-state index in [-0.39, 0.29) is 18.0 Å². The van der Waals surface area contributed by atoms with Crippen LogP contribution < -0.4 is 10.5 Å². The molecule has 2 heterocycles. The van der Waals surface area contributed by atoms with Gasteiger partial charge in [0.1, 0.15) is 6.54 Å². The number of hydrogen-bond acceptors (Lipinski definition) is 5. The fourth-order valence-electron chi connectivity index (χ4n) is 3.43. The first-order chi connectivity index (χ1) is 13.5. The molecule has 1 aliphatic heterocycles. The molecule has 0 saturated carbocycles. The van der Waals surface area contributed by atoms with Crippen LogP contribution >= 0.6 is 0 Å². The first-order valence-electron chi connectivity index (χ1n) is 9.07. The van der Waals surface area contributed by atoms with Gasteiger partial charge >= 0.3 is 5.97 Å². The van der Waals surface area contributed by atoms with E-state index in [1.165, 1.54) is 10.9 Å². The van der Waals surface area contributed by atoms with Crippen LogP contribution in [0, 0.1) is 0 Å². The number of carbonyl (C=O) groups excluding carboxylic acids is 2. The molecule has 1 aliphatic rings. The van der Waals surface area contributed by atoms with Crippen molar-refractivity contribution in [2.24, 2.45) is 0 Å². The minimum absolute atomic E-state index is 0.276. The van der Waals surface area contributed by atoms with Gasteiger partial charge in [-0.15, -0.1) is 0 Å². The van der Waals surface area contributed by atoms with Crippen molar-refractivity contribution in [3.05, 3.63) is 70.8 Å². The van der Waals surface area contributed by atoms with Gasteiger partial charge in [-0.05, 0) is 37.1 Å². The Morgan fingerprint density at radius 3 is 2.75 bits per heavy atom. The molecule has 7 heteroatoms. The SMILES string of the molecule is CC(OC(=O)Cn1cnc2ccccc2c1=O)C(=O)N1CCc2ccccc21.